The van der Waals surface area contributed by atoms with Crippen LogP contribution in [-0.2, 0) is 4.79 Å². The minimum Gasteiger partial charge on any atom is -0.479 e. The number of ether oxygens (including phenoxy) is 1. The largest absolute Gasteiger partial charge is 0.479 e. The van der Waals surface area contributed by atoms with Gasteiger partial charge in [-0.2, -0.15) is 0 Å². The lowest BCUT2D eigenvalue weighted by Crippen LogP contribution is -2.10. The van der Waals surface area contributed by atoms with Crippen LogP contribution >= 0.6 is 0 Å². The summed E-state index contributed by atoms with van der Waals surface area (Å²) in [7, 11) is 0. The molecule has 0 saturated carbocycles. The fourth-order valence-electron chi connectivity index (χ4n) is 2.46. The first kappa shape index (κ1) is 18.3. The summed E-state index contributed by atoms with van der Waals surface area (Å²) < 4.78 is 32.7. The number of carbonyl (C=O) groups is 1. The molecule has 6 heteroatoms. The molecular weight excluding hydrogens is 352 g/mol. The number of aliphatic carboxylic acids is 1. The van der Waals surface area contributed by atoms with Gasteiger partial charge in [-0.05, 0) is 35.4 Å². The van der Waals surface area contributed by atoms with E-state index in [-0.39, 0.29) is 11.6 Å². The van der Waals surface area contributed by atoms with Crippen LogP contribution in [0.1, 0.15) is 5.56 Å². The van der Waals surface area contributed by atoms with Crippen LogP contribution in [0.5, 0.6) is 5.75 Å². The zero-order valence-electron chi connectivity index (χ0n) is 14.1. The first-order valence-electron chi connectivity index (χ1n) is 8.06. The number of rotatable bonds is 6. The van der Waals surface area contributed by atoms with Gasteiger partial charge in [0.25, 0.3) is 0 Å². The zero-order chi connectivity index (χ0) is 19.2. The van der Waals surface area contributed by atoms with Gasteiger partial charge in [-0.1, -0.05) is 36.4 Å². The lowest BCUT2D eigenvalue weighted by Gasteiger charge is -2.05. The molecule has 0 aromatic heterocycles. The lowest BCUT2D eigenvalue weighted by atomic mass is 10.0. The van der Waals surface area contributed by atoms with Gasteiger partial charge in [0.2, 0.25) is 0 Å². The van der Waals surface area contributed by atoms with Crippen molar-refractivity contribution in [1.29, 1.82) is 0 Å². The van der Waals surface area contributed by atoms with Gasteiger partial charge in [0, 0.05) is 17.8 Å². The molecule has 0 spiro atoms. The molecule has 0 aliphatic heterocycles. The standard InChI is InChI=1S/C21H15F2NO3/c22-18-7-2-1-6-17(18)15-5-3-4-14(10-15)12-24-16-8-9-20(19(23)11-16)27-13-21(25)26/h1-12H,13H2,(H,25,26). The number of halogens is 2. The molecule has 0 aliphatic carbocycles. The van der Waals surface area contributed by atoms with E-state index in [1.54, 1.807) is 42.5 Å². The topological polar surface area (TPSA) is 58.9 Å². The third kappa shape index (κ3) is 4.76. The van der Waals surface area contributed by atoms with Crippen LogP contribution in [0.15, 0.2) is 71.7 Å². The van der Waals surface area contributed by atoms with E-state index >= 15 is 0 Å². The Bertz CT molecular complexity index is 1000. The molecule has 3 aromatic carbocycles. The van der Waals surface area contributed by atoms with Crippen LogP contribution in [0.4, 0.5) is 14.5 Å². The third-order valence-electron chi connectivity index (χ3n) is 3.70. The van der Waals surface area contributed by atoms with Crippen LogP contribution < -0.4 is 4.74 Å². The minimum absolute atomic E-state index is 0.155. The molecule has 3 aromatic rings. The van der Waals surface area contributed by atoms with E-state index < -0.39 is 18.4 Å². The van der Waals surface area contributed by atoms with Crippen molar-refractivity contribution in [3.05, 3.63) is 83.9 Å². The maximum absolute atomic E-state index is 13.9. The van der Waals surface area contributed by atoms with Crippen molar-refractivity contribution in [3.8, 4) is 16.9 Å². The van der Waals surface area contributed by atoms with Gasteiger partial charge in [0.1, 0.15) is 5.82 Å². The van der Waals surface area contributed by atoms with Gasteiger partial charge in [0.15, 0.2) is 18.2 Å². The summed E-state index contributed by atoms with van der Waals surface area (Å²) in [5.41, 5.74) is 2.26. The molecular formula is C21H15F2NO3. The Morgan fingerprint density at radius 3 is 2.56 bits per heavy atom. The lowest BCUT2D eigenvalue weighted by molar-refractivity contribution is -0.139. The Morgan fingerprint density at radius 1 is 1.00 bits per heavy atom. The monoisotopic (exact) mass is 367 g/mol. The molecule has 136 valence electrons. The van der Waals surface area contributed by atoms with Gasteiger partial charge in [-0.15, -0.1) is 0 Å². The summed E-state index contributed by atoms with van der Waals surface area (Å²) in [6, 6.07) is 17.6. The summed E-state index contributed by atoms with van der Waals surface area (Å²) in [5, 5.41) is 8.56. The number of hydrogen-bond donors (Lipinski definition) is 1. The molecule has 0 saturated heterocycles. The molecule has 0 heterocycles. The number of aliphatic imine (C=N–C) groups is 1. The summed E-state index contributed by atoms with van der Waals surface area (Å²) in [4.78, 5) is 14.7. The molecule has 0 aliphatic rings. The molecule has 0 radical (unpaired) electrons. The molecule has 0 unspecified atom stereocenters. The van der Waals surface area contributed by atoms with Gasteiger partial charge in [0.05, 0.1) is 5.69 Å². The highest BCUT2D eigenvalue weighted by atomic mass is 19.1. The van der Waals surface area contributed by atoms with E-state index in [4.69, 9.17) is 9.84 Å². The van der Waals surface area contributed by atoms with Gasteiger partial charge in [-0.3, -0.25) is 4.99 Å². The highest BCUT2D eigenvalue weighted by molar-refractivity contribution is 5.84. The maximum atomic E-state index is 13.9. The van der Waals surface area contributed by atoms with Crippen molar-refractivity contribution in [3.63, 3.8) is 0 Å². The van der Waals surface area contributed by atoms with Gasteiger partial charge < -0.3 is 9.84 Å². The van der Waals surface area contributed by atoms with E-state index in [1.807, 2.05) is 0 Å². The minimum atomic E-state index is -1.19. The quantitative estimate of drug-likeness (QED) is 0.634. The summed E-state index contributed by atoms with van der Waals surface area (Å²) in [6.45, 7) is -0.623. The predicted octanol–water partition coefficient (Wildman–Crippen LogP) is 4.85. The molecule has 4 nitrogen and oxygen atoms in total. The average molecular weight is 367 g/mol. The third-order valence-corrected chi connectivity index (χ3v) is 3.70. The summed E-state index contributed by atoms with van der Waals surface area (Å²) in [6.07, 6.45) is 1.54. The van der Waals surface area contributed by atoms with Gasteiger partial charge >= 0.3 is 5.97 Å². The number of nitrogens with zero attached hydrogens (tertiary/aromatic N) is 1. The first-order valence-corrected chi connectivity index (χ1v) is 8.06. The molecule has 0 atom stereocenters. The van der Waals surface area contributed by atoms with Crippen molar-refractivity contribution in [2.24, 2.45) is 4.99 Å². The van der Waals surface area contributed by atoms with Crippen molar-refractivity contribution in [1.82, 2.24) is 0 Å². The van der Waals surface area contributed by atoms with Crippen LogP contribution in [0.2, 0.25) is 0 Å². The molecule has 1 N–H and O–H groups in total. The Kier molecular flexibility index (Phi) is 5.56. The van der Waals surface area contributed by atoms with Crippen LogP contribution in [0.25, 0.3) is 11.1 Å². The maximum Gasteiger partial charge on any atom is 0.341 e. The summed E-state index contributed by atoms with van der Waals surface area (Å²) >= 11 is 0. The van der Waals surface area contributed by atoms with E-state index in [9.17, 15) is 13.6 Å². The first-order chi connectivity index (χ1) is 13.0. The molecule has 27 heavy (non-hydrogen) atoms. The Hall–Kier alpha value is -3.54. The number of hydrogen-bond acceptors (Lipinski definition) is 3. The van der Waals surface area contributed by atoms with Crippen molar-refractivity contribution >= 4 is 17.9 Å². The Morgan fingerprint density at radius 2 is 1.81 bits per heavy atom. The van der Waals surface area contributed by atoms with E-state index in [1.165, 1.54) is 24.4 Å². The highest BCUT2D eigenvalue weighted by Crippen LogP contribution is 2.25. The predicted molar refractivity (Wildman–Crippen MR) is 98.6 cm³/mol. The van der Waals surface area contributed by atoms with E-state index in [0.717, 1.165) is 11.6 Å². The fraction of sp³-hybridized carbons (Fsp3) is 0.0476. The molecule has 0 fully saturated rings. The number of benzene rings is 3. The normalized spacial score (nSPS) is 10.9. The second-order valence-electron chi connectivity index (χ2n) is 5.66. The van der Waals surface area contributed by atoms with Crippen LogP contribution in [0, 0.1) is 11.6 Å². The van der Waals surface area contributed by atoms with Crippen molar-refractivity contribution in [2.75, 3.05) is 6.61 Å². The second kappa shape index (κ2) is 8.23. The van der Waals surface area contributed by atoms with E-state index in [0.29, 0.717) is 16.8 Å². The second-order valence-corrected chi connectivity index (χ2v) is 5.66. The Balaban J connectivity index is 1.78. The van der Waals surface area contributed by atoms with Crippen LogP contribution in [-0.4, -0.2) is 23.9 Å². The molecule has 0 amide bonds. The van der Waals surface area contributed by atoms with Crippen LogP contribution in [0.3, 0.4) is 0 Å². The fourth-order valence-corrected chi connectivity index (χ4v) is 2.46. The number of carboxylic acid groups (broad SMARTS) is 1. The average Bonchev–Trinajstić information content (AvgIpc) is 2.66. The van der Waals surface area contributed by atoms with E-state index in [2.05, 4.69) is 4.99 Å². The molecule has 3 rings (SSSR count). The number of carboxylic acids is 1. The SMILES string of the molecule is O=C(O)COc1ccc(N=Cc2cccc(-c3ccccc3F)c2)cc1F. The molecule has 0 bridgehead atoms. The summed E-state index contributed by atoms with van der Waals surface area (Å²) in [5.74, 6) is -2.36. The zero-order valence-corrected chi connectivity index (χ0v) is 14.1. The smallest absolute Gasteiger partial charge is 0.341 e. The van der Waals surface area contributed by atoms with Crippen molar-refractivity contribution < 1.29 is 23.4 Å². The van der Waals surface area contributed by atoms with Gasteiger partial charge in [-0.25, -0.2) is 13.6 Å². The Labute approximate surface area is 154 Å². The highest BCUT2D eigenvalue weighted by Gasteiger charge is 2.07. The van der Waals surface area contributed by atoms with Crippen molar-refractivity contribution in [2.45, 2.75) is 0 Å².